The largest absolute Gasteiger partial charge is 0.468 e. The molecular weight excluding hydrogens is 270 g/mol. The van der Waals surface area contributed by atoms with Crippen LogP contribution < -0.4 is 5.32 Å². The predicted molar refractivity (Wildman–Crippen MR) is 76.5 cm³/mol. The Morgan fingerprint density at radius 3 is 3.19 bits per heavy atom. The number of esters is 1. The molecule has 2 atom stereocenters. The zero-order valence-corrected chi connectivity index (χ0v) is 12.7. The van der Waals surface area contributed by atoms with Crippen molar-refractivity contribution in [1.29, 1.82) is 0 Å². The van der Waals surface area contributed by atoms with Crippen LogP contribution in [0.5, 0.6) is 0 Å². The lowest BCUT2D eigenvalue weighted by Gasteiger charge is -2.33. The lowest BCUT2D eigenvalue weighted by Crippen LogP contribution is -2.52. The molecule has 0 spiro atoms. The Kier molecular flexibility index (Phi) is 3.95. The van der Waals surface area contributed by atoms with Crippen LogP contribution in [-0.4, -0.2) is 57.4 Å². The summed E-state index contributed by atoms with van der Waals surface area (Å²) in [6.07, 6.45) is 4.44. The summed E-state index contributed by atoms with van der Waals surface area (Å²) in [7, 11) is 1.47. The van der Waals surface area contributed by atoms with Gasteiger partial charge in [0.1, 0.15) is 17.7 Å². The summed E-state index contributed by atoms with van der Waals surface area (Å²) in [5.74, 6) is 0.882. The smallest absolute Gasteiger partial charge is 0.326 e. The van der Waals surface area contributed by atoms with E-state index in [4.69, 9.17) is 4.74 Å². The van der Waals surface area contributed by atoms with Crippen molar-refractivity contribution in [2.45, 2.75) is 50.9 Å². The zero-order chi connectivity index (χ0) is 14.9. The van der Waals surface area contributed by atoms with Gasteiger partial charge in [-0.3, -0.25) is 9.69 Å². The number of rotatable bonds is 4. The third kappa shape index (κ3) is 2.55. The van der Waals surface area contributed by atoms with Crippen molar-refractivity contribution in [3.63, 3.8) is 0 Å². The van der Waals surface area contributed by atoms with E-state index < -0.39 is 5.54 Å². The Bertz CT molecular complexity index is 517. The van der Waals surface area contributed by atoms with E-state index in [1.807, 2.05) is 6.92 Å². The highest BCUT2D eigenvalue weighted by Gasteiger charge is 2.47. The quantitative estimate of drug-likeness (QED) is 0.798. The van der Waals surface area contributed by atoms with Gasteiger partial charge in [0.05, 0.1) is 13.7 Å². The summed E-state index contributed by atoms with van der Waals surface area (Å²) in [6.45, 7) is 5.52. The number of likely N-dealkylation sites (N-methyl/N-ethyl adjacent to an activating group) is 1. The maximum absolute atomic E-state index is 12.2. The number of nitrogens with zero attached hydrogens (tertiary/aromatic N) is 4. The summed E-state index contributed by atoms with van der Waals surface area (Å²) in [6, 6.07) is 0.397. The highest BCUT2D eigenvalue weighted by molar-refractivity contribution is 5.81. The molecule has 0 radical (unpaired) electrons. The first-order valence-corrected chi connectivity index (χ1v) is 7.62. The minimum Gasteiger partial charge on any atom is -0.468 e. The first kappa shape index (κ1) is 14.5. The molecule has 1 aliphatic heterocycles. The number of carbonyl (C=O) groups is 1. The number of hydrogen-bond donors (Lipinski definition) is 1. The molecule has 1 fully saturated rings. The molecule has 2 heterocycles. The Balaban J connectivity index is 1.70. The topological polar surface area (TPSA) is 72.3 Å². The number of aromatic nitrogens is 3. The standard InChI is InChI=1S/C14H23N5O2/c1-3-15-14(13(20)21-2)5-4-11(8-14)18-6-7-19-10-16-17-12(19)9-18/h10-11,15H,3-9H2,1-2H3. The molecule has 116 valence electrons. The molecule has 2 aliphatic rings. The highest BCUT2D eigenvalue weighted by Crippen LogP contribution is 2.35. The van der Waals surface area contributed by atoms with Gasteiger partial charge in [0, 0.05) is 19.1 Å². The van der Waals surface area contributed by atoms with E-state index in [1.165, 1.54) is 7.11 Å². The van der Waals surface area contributed by atoms with Crippen molar-refractivity contribution < 1.29 is 9.53 Å². The number of carbonyl (C=O) groups excluding carboxylic acids is 1. The molecular formula is C14H23N5O2. The van der Waals surface area contributed by atoms with Gasteiger partial charge in [-0.1, -0.05) is 6.92 Å². The normalized spacial score (nSPS) is 29.3. The van der Waals surface area contributed by atoms with Gasteiger partial charge in [-0.2, -0.15) is 0 Å². The minimum absolute atomic E-state index is 0.132. The summed E-state index contributed by atoms with van der Waals surface area (Å²) < 4.78 is 7.12. The molecule has 21 heavy (non-hydrogen) atoms. The van der Waals surface area contributed by atoms with Crippen molar-refractivity contribution in [3.05, 3.63) is 12.2 Å². The Morgan fingerprint density at radius 2 is 2.43 bits per heavy atom. The fourth-order valence-corrected chi connectivity index (χ4v) is 3.68. The van der Waals surface area contributed by atoms with Crippen molar-refractivity contribution in [2.75, 3.05) is 20.2 Å². The molecule has 0 amide bonds. The fourth-order valence-electron chi connectivity index (χ4n) is 3.68. The summed E-state index contributed by atoms with van der Waals surface area (Å²) in [4.78, 5) is 14.6. The van der Waals surface area contributed by atoms with Crippen molar-refractivity contribution in [3.8, 4) is 0 Å². The Hall–Kier alpha value is -1.47. The SMILES string of the molecule is CCNC1(C(=O)OC)CCC(N2CCn3cnnc3C2)C1. The number of nitrogens with one attached hydrogen (secondary N) is 1. The maximum Gasteiger partial charge on any atom is 0.326 e. The maximum atomic E-state index is 12.2. The van der Waals surface area contributed by atoms with E-state index in [2.05, 4.69) is 25.0 Å². The molecule has 7 nitrogen and oxygen atoms in total. The first-order valence-electron chi connectivity index (χ1n) is 7.62. The molecule has 3 rings (SSSR count). The summed E-state index contributed by atoms with van der Waals surface area (Å²) in [5.41, 5.74) is -0.515. The third-order valence-electron chi connectivity index (χ3n) is 4.76. The van der Waals surface area contributed by atoms with Crippen LogP contribution in [0.2, 0.25) is 0 Å². The zero-order valence-electron chi connectivity index (χ0n) is 12.7. The van der Waals surface area contributed by atoms with Crippen LogP contribution in [-0.2, 0) is 22.6 Å². The van der Waals surface area contributed by atoms with Crippen LogP contribution in [0.25, 0.3) is 0 Å². The van der Waals surface area contributed by atoms with E-state index in [-0.39, 0.29) is 5.97 Å². The van der Waals surface area contributed by atoms with Gasteiger partial charge in [-0.05, 0) is 25.8 Å². The molecule has 1 saturated carbocycles. The molecule has 0 bridgehead atoms. The Labute approximate surface area is 124 Å². The Morgan fingerprint density at radius 1 is 1.57 bits per heavy atom. The van der Waals surface area contributed by atoms with E-state index in [1.54, 1.807) is 6.33 Å². The molecule has 0 saturated heterocycles. The summed E-state index contributed by atoms with van der Waals surface area (Å²) in [5, 5.41) is 11.5. The van der Waals surface area contributed by atoms with E-state index >= 15 is 0 Å². The van der Waals surface area contributed by atoms with Gasteiger partial charge >= 0.3 is 5.97 Å². The van der Waals surface area contributed by atoms with Crippen LogP contribution >= 0.6 is 0 Å². The van der Waals surface area contributed by atoms with Gasteiger partial charge in [-0.15, -0.1) is 10.2 Å². The van der Waals surface area contributed by atoms with E-state index in [9.17, 15) is 4.79 Å². The lowest BCUT2D eigenvalue weighted by atomic mass is 9.97. The summed E-state index contributed by atoms with van der Waals surface area (Å²) >= 11 is 0. The van der Waals surface area contributed by atoms with Gasteiger partial charge in [0.15, 0.2) is 0 Å². The van der Waals surface area contributed by atoms with Crippen molar-refractivity contribution in [2.24, 2.45) is 0 Å². The van der Waals surface area contributed by atoms with Gasteiger partial charge in [0.2, 0.25) is 0 Å². The second kappa shape index (κ2) is 5.73. The van der Waals surface area contributed by atoms with Crippen LogP contribution in [0.1, 0.15) is 32.0 Å². The second-order valence-corrected chi connectivity index (χ2v) is 5.91. The monoisotopic (exact) mass is 293 g/mol. The molecule has 1 N–H and O–H groups in total. The predicted octanol–water partition coefficient (Wildman–Crippen LogP) is 0.168. The van der Waals surface area contributed by atoms with Crippen molar-refractivity contribution >= 4 is 5.97 Å². The lowest BCUT2D eigenvalue weighted by molar-refractivity contribution is -0.148. The minimum atomic E-state index is -0.515. The number of hydrogen-bond acceptors (Lipinski definition) is 6. The van der Waals surface area contributed by atoms with E-state index in [0.29, 0.717) is 6.04 Å². The second-order valence-electron chi connectivity index (χ2n) is 5.91. The molecule has 1 aromatic rings. The van der Waals surface area contributed by atoms with Crippen LogP contribution in [0.4, 0.5) is 0 Å². The van der Waals surface area contributed by atoms with E-state index in [0.717, 1.165) is 51.3 Å². The van der Waals surface area contributed by atoms with Crippen LogP contribution in [0, 0.1) is 0 Å². The third-order valence-corrected chi connectivity index (χ3v) is 4.76. The molecule has 7 heteroatoms. The molecule has 0 aromatic carbocycles. The van der Waals surface area contributed by atoms with Gasteiger partial charge in [-0.25, -0.2) is 0 Å². The number of fused-ring (bicyclic) bond motifs is 1. The van der Waals surface area contributed by atoms with Crippen molar-refractivity contribution in [1.82, 2.24) is 25.0 Å². The average molecular weight is 293 g/mol. The average Bonchev–Trinajstić information content (AvgIpc) is 3.13. The highest BCUT2D eigenvalue weighted by atomic mass is 16.5. The van der Waals surface area contributed by atoms with Crippen LogP contribution in [0.3, 0.4) is 0 Å². The molecule has 2 unspecified atom stereocenters. The first-order chi connectivity index (χ1) is 10.2. The van der Waals surface area contributed by atoms with Gasteiger partial charge < -0.3 is 14.6 Å². The van der Waals surface area contributed by atoms with Gasteiger partial charge in [0.25, 0.3) is 0 Å². The fraction of sp³-hybridized carbons (Fsp3) is 0.786. The molecule has 1 aromatic heterocycles. The number of ether oxygens (including phenoxy) is 1. The number of methoxy groups -OCH3 is 1. The molecule has 1 aliphatic carbocycles. The van der Waals surface area contributed by atoms with Crippen LogP contribution in [0.15, 0.2) is 6.33 Å².